The monoisotopic (exact) mass is 494 g/mol. The van der Waals surface area contributed by atoms with E-state index in [0.717, 1.165) is 29.6 Å². The topological polar surface area (TPSA) is 51.0 Å². The van der Waals surface area contributed by atoms with Crippen molar-refractivity contribution in [2.75, 3.05) is 11.4 Å². The van der Waals surface area contributed by atoms with Crippen LogP contribution in [-0.2, 0) is 13.0 Å². The number of hydrogen-bond acceptors (Lipinski definition) is 4. The van der Waals surface area contributed by atoms with E-state index in [4.69, 9.17) is 28.2 Å². The van der Waals surface area contributed by atoms with Crippen molar-refractivity contribution < 1.29 is 4.79 Å². The van der Waals surface area contributed by atoms with Crippen LogP contribution in [-0.4, -0.2) is 27.0 Å². The van der Waals surface area contributed by atoms with Crippen molar-refractivity contribution in [1.29, 1.82) is 0 Å². The maximum absolute atomic E-state index is 13.5. The maximum Gasteiger partial charge on any atom is 0.261 e. The SMILES string of the molecule is CCc1cccc2sc(N(CCCn3ccnc3)C(=O)c3cc(Cl)ccc3Cl)nc12.Cl. The number of nitrogens with zero attached hydrogens (tertiary/aromatic N) is 4. The number of aromatic nitrogens is 3. The van der Waals surface area contributed by atoms with Gasteiger partial charge in [0.25, 0.3) is 5.91 Å². The molecule has 2 aromatic heterocycles. The standard InChI is InChI=1S/C22H20Cl2N4OS.ClH/c1-2-15-5-3-6-19-20(15)26-22(30-19)28(11-4-10-27-12-9-25-14-27)21(29)17-13-16(23)7-8-18(17)24;/h3,5-9,12-14H,2,4,10-11H2,1H3;1H. The van der Waals surface area contributed by atoms with Crippen molar-refractivity contribution in [2.45, 2.75) is 26.3 Å². The van der Waals surface area contributed by atoms with Gasteiger partial charge >= 0.3 is 0 Å². The Balaban J connectivity index is 0.00000272. The van der Waals surface area contributed by atoms with Gasteiger partial charge in [0.1, 0.15) is 0 Å². The fourth-order valence-electron chi connectivity index (χ4n) is 3.32. The van der Waals surface area contributed by atoms with Gasteiger partial charge in [-0.15, -0.1) is 12.4 Å². The minimum Gasteiger partial charge on any atom is -0.337 e. The number of benzene rings is 2. The number of carbonyl (C=O) groups excluding carboxylic acids is 1. The lowest BCUT2D eigenvalue weighted by atomic mass is 10.1. The molecule has 0 unspecified atom stereocenters. The Morgan fingerprint density at radius 2 is 2.06 bits per heavy atom. The summed E-state index contributed by atoms with van der Waals surface area (Å²) in [5, 5.41) is 1.51. The summed E-state index contributed by atoms with van der Waals surface area (Å²) in [6, 6.07) is 11.1. The van der Waals surface area contributed by atoms with Gasteiger partial charge in [-0.05, 0) is 42.7 Å². The Kier molecular flexibility index (Phi) is 7.94. The van der Waals surface area contributed by atoms with E-state index in [-0.39, 0.29) is 18.3 Å². The highest BCUT2D eigenvalue weighted by Gasteiger charge is 2.23. The van der Waals surface area contributed by atoms with Crippen molar-refractivity contribution in [3.63, 3.8) is 0 Å². The lowest BCUT2D eigenvalue weighted by Gasteiger charge is -2.21. The number of anilines is 1. The average Bonchev–Trinajstić information content (AvgIpc) is 3.41. The summed E-state index contributed by atoms with van der Waals surface area (Å²) in [6.45, 7) is 3.35. The second-order valence-corrected chi connectivity index (χ2v) is 8.70. The summed E-state index contributed by atoms with van der Waals surface area (Å²) < 4.78 is 3.05. The Morgan fingerprint density at radius 3 is 2.81 bits per heavy atom. The summed E-state index contributed by atoms with van der Waals surface area (Å²) >= 11 is 14.0. The van der Waals surface area contributed by atoms with E-state index in [2.05, 4.69) is 18.0 Å². The Hall–Kier alpha value is -2.12. The molecule has 0 bridgehead atoms. The van der Waals surface area contributed by atoms with E-state index >= 15 is 0 Å². The maximum atomic E-state index is 13.5. The molecule has 2 aromatic carbocycles. The zero-order valence-corrected chi connectivity index (χ0v) is 19.9. The number of carbonyl (C=O) groups is 1. The van der Waals surface area contributed by atoms with Crippen LogP contribution < -0.4 is 4.90 Å². The van der Waals surface area contributed by atoms with E-state index < -0.39 is 0 Å². The fourth-order valence-corrected chi connectivity index (χ4v) is 4.72. The molecule has 0 aliphatic carbocycles. The minimum absolute atomic E-state index is 0. The van der Waals surface area contributed by atoms with Gasteiger partial charge in [-0.1, -0.05) is 53.6 Å². The van der Waals surface area contributed by atoms with E-state index in [1.807, 2.05) is 22.9 Å². The molecule has 31 heavy (non-hydrogen) atoms. The van der Waals surface area contributed by atoms with Gasteiger partial charge in [0, 0.05) is 30.5 Å². The highest BCUT2D eigenvalue weighted by atomic mass is 35.5. The third kappa shape index (κ3) is 5.21. The van der Waals surface area contributed by atoms with Crippen LogP contribution in [0, 0.1) is 0 Å². The van der Waals surface area contributed by atoms with Gasteiger partial charge in [0.05, 0.1) is 27.1 Å². The normalized spacial score (nSPS) is 10.8. The van der Waals surface area contributed by atoms with E-state index in [1.54, 1.807) is 35.6 Å². The van der Waals surface area contributed by atoms with E-state index in [9.17, 15) is 4.79 Å². The number of para-hydroxylation sites is 1. The fraction of sp³-hybridized carbons (Fsp3) is 0.227. The summed E-state index contributed by atoms with van der Waals surface area (Å²) in [5.74, 6) is -0.203. The predicted molar refractivity (Wildman–Crippen MR) is 131 cm³/mol. The van der Waals surface area contributed by atoms with Crippen LogP contribution in [0.15, 0.2) is 55.1 Å². The van der Waals surface area contributed by atoms with Crippen molar-refractivity contribution in [3.05, 3.63) is 76.3 Å². The van der Waals surface area contributed by atoms with Gasteiger partial charge in [-0.2, -0.15) is 0 Å². The van der Waals surface area contributed by atoms with E-state index in [1.165, 1.54) is 16.9 Å². The lowest BCUT2D eigenvalue weighted by molar-refractivity contribution is 0.0986. The molecule has 0 N–H and O–H groups in total. The molecule has 5 nitrogen and oxygen atoms in total. The number of halogens is 3. The van der Waals surface area contributed by atoms with Crippen LogP contribution >= 0.6 is 46.9 Å². The van der Waals surface area contributed by atoms with Crippen LogP contribution in [0.3, 0.4) is 0 Å². The Bertz CT molecular complexity index is 1180. The Morgan fingerprint density at radius 1 is 1.23 bits per heavy atom. The predicted octanol–water partition coefficient (Wildman–Crippen LogP) is 6.52. The zero-order chi connectivity index (χ0) is 21.1. The smallest absolute Gasteiger partial charge is 0.261 e. The third-order valence-corrected chi connectivity index (χ3v) is 6.47. The van der Waals surface area contributed by atoms with Crippen LogP contribution in [0.25, 0.3) is 10.2 Å². The molecule has 0 atom stereocenters. The summed E-state index contributed by atoms with van der Waals surface area (Å²) in [4.78, 5) is 24.1. The van der Waals surface area contributed by atoms with Crippen LogP contribution in [0.4, 0.5) is 5.13 Å². The molecule has 0 aliphatic heterocycles. The lowest BCUT2D eigenvalue weighted by Crippen LogP contribution is -2.32. The molecule has 9 heteroatoms. The molecule has 0 saturated carbocycles. The first-order valence-corrected chi connectivity index (χ1v) is 11.2. The number of thiazole rings is 1. The highest BCUT2D eigenvalue weighted by molar-refractivity contribution is 7.22. The van der Waals surface area contributed by atoms with Crippen LogP contribution in [0.5, 0.6) is 0 Å². The molecule has 4 aromatic rings. The van der Waals surface area contributed by atoms with Crippen LogP contribution in [0.2, 0.25) is 10.0 Å². The number of aryl methyl sites for hydroxylation is 2. The number of imidazole rings is 1. The first-order valence-electron chi connectivity index (χ1n) is 9.68. The molecule has 0 fully saturated rings. The highest BCUT2D eigenvalue weighted by Crippen LogP contribution is 2.33. The summed E-state index contributed by atoms with van der Waals surface area (Å²) in [6.07, 6.45) is 7.05. The Labute approximate surface area is 201 Å². The molecule has 2 heterocycles. The number of hydrogen-bond donors (Lipinski definition) is 0. The van der Waals surface area contributed by atoms with E-state index in [0.29, 0.717) is 27.3 Å². The molecule has 162 valence electrons. The van der Waals surface area contributed by atoms with Crippen molar-refractivity contribution in [1.82, 2.24) is 14.5 Å². The van der Waals surface area contributed by atoms with Gasteiger partial charge in [-0.25, -0.2) is 9.97 Å². The largest absolute Gasteiger partial charge is 0.337 e. The van der Waals surface area contributed by atoms with Gasteiger partial charge in [0.2, 0.25) is 0 Å². The number of rotatable bonds is 7. The quantitative estimate of drug-likeness (QED) is 0.293. The molecule has 1 amide bonds. The molecular formula is C22H21Cl3N4OS. The average molecular weight is 496 g/mol. The third-order valence-electron chi connectivity index (χ3n) is 4.86. The van der Waals surface area contributed by atoms with Crippen molar-refractivity contribution >= 4 is 68.2 Å². The molecule has 4 rings (SSSR count). The number of fused-ring (bicyclic) bond motifs is 1. The zero-order valence-electron chi connectivity index (χ0n) is 16.8. The molecule has 0 saturated heterocycles. The second kappa shape index (κ2) is 10.5. The summed E-state index contributed by atoms with van der Waals surface area (Å²) in [7, 11) is 0. The summed E-state index contributed by atoms with van der Waals surface area (Å²) in [5.41, 5.74) is 2.49. The molecule has 0 radical (unpaired) electrons. The molecule has 0 spiro atoms. The van der Waals surface area contributed by atoms with Crippen LogP contribution in [0.1, 0.15) is 29.3 Å². The minimum atomic E-state index is -0.203. The number of amides is 1. The first kappa shape index (κ1) is 23.5. The van der Waals surface area contributed by atoms with Gasteiger partial charge < -0.3 is 4.57 Å². The van der Waals surface area contributed by atoms with Gasteiger partial charge in [-0.3, -0.25) is 9.69 Å². The molecular weight excluding hydrogens is 475 g/mol. The van der Waals surface area contributed by atoms with Gasteiger partial charge in [0.15, 0.2) is 5.13 Å². The second-order valence-electron chi connectivity index (χ2n) is 6.85. The molecule has 0 aliphatic rings. The first-order chi connectivity index (χ1) is 14.6. The van der Waals surface area contributed by atoms with Crippen molar-refractivity contribution in [2.24, 2.45) is 0 Å². The van der Waals surface area contributed by atoms with Crippen molar-refractivity contribution in [3.8, 4) is 0 Å².